The van der Waals surface area contributed by atoms with Crippen LogP contribution in [0.4, 0.5) is 0 Å². The van der Waals surface area contributed by atoms with Crippen LogP contribution in [0.3, 0.4) is 0 Å². The summed E-state index contributed by atoms with van der Waals surface area (Å²) in [6, 6.07) is 0. The highest BCUT2D eigenvalue weighted by Gasteiger charge is 2.03. The summed E-state index contributed by atoms with van der Waals surface area (Å²) in [6.45, 7) is 2.01. The van der Waals surface area contributed by atoms with Gasteiger partial charge in [-0.25, -0.2) is 4.18 Å². The van der Waals surface area contributed by atoms with Gasteiger partial charge in [-0.15, -0.1) is 0 Å². The third-order valence-corrected chi connectivity index (χ3v) is 2.83. The van der Waals surface area contributed by atoms with Gasteiger partial charge in [0.2, 0.25) is 0 Å². The van der Waals surface area contributed by atoms with Crippen molar-refractivity contribution in [2.24, 2.45) is 0 Å². The molecule has 1 N–H and O–H groups in total. The zero-order valence-electron chi connectivity index (χ0n) is 10.4. The predicted octanol–water partition coefficient (Wildman–Crippen LogP) is 2.52. The first kappa shape index (κ1) is 16.5. The number of carbonyl (C=O) groups is 1. The minimum atomic E-state index is -4.28. The number of hydrogen-bond acceptors (Lipinski definition) is 4. The van der Waals surface area contributed by atoms with Crippen LogP contribution >= 0.6 is 0 Å². The van der Waals surface area contributed by atoms with Crippen molar-refractivity contribution in [2.75, 3.05) is 6.61 Å². The standard InChI is InChI=1S/C11H22O5S/c1-2-8-11(12)9-6-4-3-5-7-10-16-17(13,14)15/h2-10H2,1H3,(H,13,14,15). The molecule has 0 aromatic rings. The summed E-state index contributed by atoms with van der Waals surface area (Å²) in [6.07, 6.45) is 6.50. The highest BCUT2D eigenvalue weighted by Crippen LogP contribution is 2.07. The van der Waals surface area contributed by atoms with Gasteiger partial charge in [0.15, 0.2) is 0 Å². The lowest BCUT2D eigenvalue weighted by Gasteiger charge is -2.01. The number of hydrogen-bond donors (Lipinski definition) is 1. The number of unbranched alkanes of at least 4 members (excludes halogenated alkanes) is 4. The van der Waals surface area contributed by atoms with Gasteiger partial charge in [-0.2, -0.15) is 8.42 Å². The van der Waals surface area contributed by atoms with Crippen LogP contribution in [0.2, 0.25) is 0 Å². The first-order valence-electron chi connectivity index (χ1n) is 6.09. The first-order valence-corrected chi connectivity index (χ1v) is 7.45. The average molecular weight is 266 g/mol. The zero-order valence-corrected chi connectivity index (χ0v) is 11.2. The molecule has 0 saturated heterocycles. The Morgan fingerprint density at radius 3 is 2.24 bits per heavy atom. The summed E-state index contributed by atoms with van der Waals surface area (Å²) < 4.78 is 32.9. The number of ketones is 1. The third-order valence-electron chi connectivity index (χ3n) is 2.36. The van der Waals surface area contributed by atoms with Gasteiger partial charge in [-0.3, -0.25) is 9.35 Å². The van der Waals surface area contributed by atoms with Gasteiger partial charge in [0.1, 0.15) is 5.78 Å². The molecule has 0 spiro atoms. The molecule has 0 aliphatic carbocycles. The van der Waals surface area contributed by atoms with E-state index >= 15 is 0 Å². The zero-order chi connectivity index (χ0) is 13.1. The van der Waals surface area contributed by atoms with E-state index < -0.39 is 10.4 Å². The normalized spacial score (nSPS) is 11.6. The second kappa shape index (κ2) is 9.56. The van der Waals surface area contributed by atoms with E-state index in [1.165, 1.54) is 0 Å². The summed E-state index contributed by atoms with van der Waals surface area (Å²) in [4.78, 5) is 11.2. The molecule has 0 aliphatic heterocycles. The number of Topliss-reactive ketones (excluding diaryl/α,β-unsaturated/α-hetero) is 1. The van der Waals surface area contributed by atoms with Gasteiger partial charge in [-0.1, -0.05) is 26.2 Å². The van der Waals surface area contributed by atoms with Gasteiger partial charge in [0.25, 0.3) is 0 Å². The van der Waals surface area contributed by atoms with E-state index in [4.69, 9.17) is 4.55 Å². The van der Waals surface area contributed by atoms with E-state index in [0.29, 0.717) is 25.0 Å². The molecule has 0 fully saturated rings. The van der Waals surface area contributed by atoms with Crippen LogP contribution in [0.5, 0.6) is 0 Å². The molecule has 6 heteroatoms. The molecule has 0 saturated carbocycles. The summed E-state index contributed by atoms with van der Waals surface area (Å²) in [5.41, 5.74) is 0. The van der Waals surface area contributed by atoms with Gasteiger partial charge in [0, 0.05) is 12.8 Å². The molecule has 0 heterocycles. The van der Waals surface area contributed by atoms with Crippen molar-refractivity contribution in [3.63, 3.8) is 0 Å². The fourth-order valence-corrected chi connectivity index (χ4v) is 1.85. The molecule has 0 amide bonds. The van der Waals surface area contributed by atoms with Gasteiger partial charge >= 0.3 is 10.4 Å². The molecule has 0 atom stereocenters. The van der Waals surface area contributed by atoms with Gasteiger partial charge in [-0.05, 0) is 19.3 Å². The smallest absolute Gasteiger partial charge is 0.300 e. The van der Waals surface area contributed by atoms with Crippen molar-refractivity contribution in [1.82, 2.24) is 0 Å². The molecule has 0 unspecified atom stereocenters. The fraction of sp³-hybridized carbons (Fsp3) is 0.909. The quantitative estimate of drug-likeness (QED) is 0.459. The maximum Gasteiger partial charge on any atom is 0.397 e. The minimum absolute atomic E-state index is 0.0214. The van der Waals surface area contributed by atoms with Crippen molar-refractivity contribution < 1.29 is 21.9 Å². The van der Waals surface area contributed by atoms with Crippen molar-refractivity contribution in [1.29, 1.82) is 0 Å². The van der Waals surface area contributed by atoms with Crippen LogP contribution in [0.1, 0.15) is 58.3 Å². The van der Waals surface area contributed by atoms with Crippen molar-refractivity contribution in [2.45, 2.75) is 58.3 Å². The molecular weight excluding hydrogens is 244 g/mol. The topological polar surface area (TPSA) is 80.7 Å². The summed E-state index contributed by atoms with van der Waals surface area (Å²) in [7, 11) is -4.28. The summed E-state index contributed by atoms with van der Waals surface area (Å²) >= 11 is 0. The molecule has 17 heavy (non-hydrogen) atoms. The molecule has 5 nitrogen and oxygen atoms in total. The molecule has 0 bridgehead atoms. The number of carbonyl (C=O) groups excluding carboxylic acids is 1. The highest BCUT2D eigenvalue weighted by atomic mass is 32.3. The minimum Gasteiger partial charge on any atom is -0.300 e. The van der Waals surface area contributed by atoms with E-state index in [1.807, 2.05) is 6.92 Å². The van der Waals surface area contributed by atoms with Gasteiger partial charge in [0.05, 0.1) is 6.61 Å². The predicted molar refractivity (Wildman–Crippen MR) is 65.1 cm³/mol. The molecule has 0 rings (SSSR count). The Labute approximate surface area is 104 Å². The Bertz CT molecular complexity index is 297. The van der Waals surface area contributed by atoms with Crippen LogP contribution in [0, 0.1) is 0 Å². The lowest BCUT2D eigenvalue weighted by atomic mass is 10.1. The lowest BCUT2D eigenvalue weighted by molar-refractivity contribution is -0.119. The Morgan fingerprint density at radius 1 is 1.06 bits per heavy atom. The maximum absolute atomic E-state index is 11.2. The molecule has 0 aromatic carbocycles. The highest BCUT2D eigenvalue weighted by molar-refractivity contribution is 7.80. The van der Waals surface area contributed by atoms with Crippen LogP contribution in [0.15, 0.2) is 0 Å². The first-order chi connectivity index (χ1) is 7.95. The Kier molecular flexibility index (Phi) is 9.30. The fourth-order valence-electron chi connectivity index (χ4n) is 1.52. The third kappa shape index (κ3) is 13.5. The molecule has 0 radical (unpaired) electrons. The molecule has 0 aliphatic rings. The van der Waals surface area contributed by atoms with Gasteiger partial charge < -0.3 is 0 Å². The van der Waals surface area contributed by atoms with Crippen LogP contribution in [0.25, 0.3) is 0 Å². The van der Waals surface area contributed by atoms with E-state index in [9.17, 15) is 13.2 Å². The Balaban J connectivity index is 3.22. The second-order valence-corrected chi connectivity index (χ2v) is 5.15. The maximum atomic E-state index is 11.2. The average Bonchev–Trinajstić information content (AvgIpc) is 2.21. The Morgan fingerprint density at radius 2 is 1.65 bits per heavy atom. The van der Waals surface area contributed by atoms with E-state index in [2.05, 4.69) is 4.18 Å². The number of rotatable bonds is 11. The van der Waals surface area contributed by atoms with Crippen molar-refractivity contribution in [3.05, 3.63) is 0 Å². The molecule has 0 aromatic heterocycles. The second-order valence-electron chi connectivity index (χ2n) is 4.06. The van der Waals surface area contributed by atoms with Crippen LogP contribution in [-0.4, -0.2) is 25.4 Å². The van der Waals surface area contributed by atoms with Crippen LogP contribution in [-0.2, 0) is 19.4 Å². The summed E-state index contributed by atoms with van der Waals surface area (Å²) in [5.74, 6) is 0.321. The summed E-state index contributed by atoms with van der Waals surface area (Å²) in [5, 5.41) is 0. The van der Waals surface area contributed by atoms with E-state index in [1.54, 1.807) is 0 Å². The Hall–Kier alpha value is -0.460. The SMILES string of the molecule is CCCC(=O)CCCCCCCOS(=O)(=O)O. The monoisotopic (exact) mass is 266 g/mol. The molecule has 102 valence electrons. The van der Waals surface area contributed by atoms with E-state index in [0.717, 1.165) is 32.1 Å². The van der Waals surface area contributed by atoms with Crippen LogP contribution < -0.4 is 0 Å². The van der Waals surface area contributed by atoms with Crippen molar-refractivity contribution >= 4 is 16.2 Å². The molecular formula is C11H22O5S. The van der Waals surface area contributed by atoms with E-state index in [-0.39, 0.29) is 6.61 Å². The lowest BCUT2D eigenvalue weighted by Crippen LogP contribution is -2.04. The largest absolute Gasteiger partial charge is 0.397 e. The van der Waals surface area contributed by atoms with Crippen molar-refractivity contribution in [3.8, 4) is 0 Å².